The molecule has 0 amide bonds. The molecule has 0 rings (SSSR count). The third kappa shape index (κ3) is 133. The van der Waals surface area contributed by atoms with Crippen molar-refractivity contribution >= 4 is 49.5 Å². The summed E-state index contributed by atoms with van der Waals surface area (Å²) in [5, 5.41) is 0. The molecular weight excluding hydrogens is 182 g/mol. The molecule has 0 aromatic rings. The van der Waals surface area contributed by atoms with Crippen LogP contribution in [-0.4, -0.2) is 74.1 Å². The first-order valence-corrected chi connectivity index (χ1v) is 2.68. The molecule has 5 nitrogen and oxygen atoms in total. The van der Waals surface area contributed by atoms with Crippen molar-refractivity contribution in [3.05, 3.63) is 0 Å². The van der Waals surface area contributed by atoms with Crippen LogP contribution in [0.5, 0.6) is 0 Å². The van der Waals surface area contributed by atoms with Crippen molar-refractivity contribution in [3.63, 3.8) is 0 Å². The fraction of sp³-hybridized carbons (Fsp3) is 0. The molecule has 0 bridgehead atoms. The molecule has 0 atom stereocenters. The predicted molar refractivity (Wildman–Crippen MR) is 37.3 cm³/mol. The van der Waals surface area contributed by atoms with E-state index in [0.717, 1.165) is 0 Å². The quantitative estimate of drug-likeness (QED) is 0.287. The fourth-order valence-corrected chi connectivity index (χ4v) is 0. The van der Waals surface area contributed by atoms with Gasteiger partial charge in [0.2, 0.25) is 0 Å². The van der Waals surface area contributed by atoms with E-state index in [1.165, 1.54) is 0 Å². The Morgan fingerprint density at radius 1 is 1.00 bits per heavy atom. The monoisotopic (exact) mass is 194 g/mol. The summed E-state index contributed by atoms with van der Waals surface area (Å²) in [5.74, 6) is 0. The average molecular weight is 194 g/mol. The molecular formula is H12AlMgNaO5Si. The van der Waals surface area contributed by atoms with Crippen molar-refractivity contribution in [1.29, 1.82) is 0 Å². The maximum Gasteiger partial charge on any atom is 2.00 e. The van der Waals surface area contributed by atoms with E-state index in [0.29, 0.717) is 0 Å². The van der Waals surface area contributed by atoms with Gasteiger partial charge in [0.05, 0.1) is 0 Å². The number of hydrogen-bond donors (Lipinski definition) is 4. The molecule has 0 aliphatic carbocycles. The summed E-state index contributed by atoms with van der Waals surface area (Å²) in [6.45, 7) is 0. The molecule has 0 aliphatic heterocycles. The van der Waals surface area contributed by atoms with Crippen LogP contribution in [0.3, 0.4) is 0 Å². The molecule has 0 aromatic heterocycles. The normalized spacial score (nSPS) is 6.67. The summed E-state index contributed by atoms with van der Waals surface area (Å²) in [6, 6.07) is 0. The SMILES string of the molecule is O.O[Si](O)(O)O.[AlH3].[H-].[H-].[H-].[Mg+2].[Na+]. The van der Waals surface area contributed by atoms with Crippen molar-refractivity contribution < 1.29 is 58.5 Å². The molecule has 0 aliphatic rings. The van der Waals surface area contributed by atoms with Crippen molar-refractivity contribution in [2.24, 2.45) is 0 Å². The topological polar surface area (TPSA) is 112 Å². The van der Waals surface area contributed by atoms with Crippen LogP contribution >= 0.6 is 0 Å². The number of hydrogen-bond acceptors (Lipinski definition) is 4. The zero-order valence-corrected chi connectivity index (χ0v) is 8.91. The van der Waals surface area contributed by atoms with E-state index in [4.69, 9.17) is 19.2 Å². The first kappa shape index (κ1) is 30.2. The van der Waals surface area contributed by atoms with Gasteiger partial charge in [0.25, 0.3) is 0 Å². The Kier molecular flexibility index (Phi) is 43.4. The van der Waals surface area contributed by atoms with Gasteiger partial charge in [-0.25, -0.2) is 0 Å². The minimum absolute atomic E-state index is 0. The zero-order chi connectivity index (χ0) is 4.50. The summed E-state index contributed by atoms with van der Waals surface area (Å²) < 4.78 is 0. The Balaban J connectivity index is -0.00000000381. The molecule has 0 aromatic carbocycles. The molecule has 6 N–H and O–H groups in total. The van der Waals surface area contributed by atoms with Crippen LogP contribution in [0, 0.1) is 0 Å². The molecule has 0 fully saturated rings. The second-order valence-corrected chi connectivity index (χ2v) is 1.80. The van der Waals surface area contributed by atoms with Crippen LogP contribution in [0.1, 0.15) is 4.28 Å². The minimum atomic E-state index is -4.61. The second kappa shape index (κ2) is 12.9. The van der Waals surface area contributed by atoms with Crippen LogP contribution in [0.4, 0.5) is 0 Å². The Hall–Kier alpha value is 2.32. The van der Waals surface area contributed by atoms with E-state index < -0.39 is 9.05 Å². The third-order valence-electron chi connectivity index (χ3n) is 0. The summed E-state index contributed by atoms with van der Waals surface area (Å²) in [7, 11) is -4.61. The molecule has 0 radical (unpaired) electrons. The Labute approximate surface area is 107 Å². The Morgan fingerprint density at radius 3 is 1.00 bits per heavy atom. The van der Waals surface area contributed by atoms with Crippen LogP contribution in [0.15, 0.2) is 0 Å². The van der Waals surface area contributed by atoms with E-state index >= 15 is 0 Å². The van der Waals surface area contributed by atoms with Crippen LogP contribution in [0.2, 0.25) is 0 Å². The first-order valence-electron chi connectivity index (χ1n) is 0.894. The molecule has 0 spiro atoms. The van der Waals surface area contributed by atoms with Gasteiger partial charge in [0.1, 0.15) is 0 Å². The molecule has 0 heterocycles. The van der Waals surface area contributed by atoms with Gasteiger partial charge in [-0.1, -0.05) is 0 Å². The summed E-state index contributed by atoms with van der Waals surface area (Å²) in [4.78, 5) is 29.3. The van der Waals surface area contributed by atoms with Crippen molar-refractivity contribution in [3.8, 4) is 0 Å². The molecule has 0 unspecified atom stereocenters. The maximum atomic E-state index is 7.33. The van der Waals surface area contributed by atoms with E-state index in [1.807, 2.05) is 0 Å². The Morgan fingerprint density at radius 2 is 1.00 bits per heavy atom. The van der Waals surface area contributed by atoms with Crippen LogP contribution in [-0.2, 0) is 0 Å². The van der Waals surface area contributed by atoms with Gasteiger partial charge >= 0.3 is 61.7 Å². The fourth-order valence-electron chi connectivity index (χ4n) is 0. The predicted octanol–water partition coefficient (Wildman–Crippen LogP) is -7.66. The number of rotatable bonds is 0. The summed E-state index contributed by atoms with van der Waals surface area (Å²) in [6.07, 6.45) is 0. The van der Waals surface area contributed by atoms with E-state index in [-0.39, 0.29) is 79.7 Å². The molecule has 9 heavy (non-hydrogen) atoms. The maximum absolute atomic E-state index is 7.33. The molecule has 0 saturated carbocycles. The summed E-state index contributed by atoms with van der Waals surface area (Å²) in [5.41, 5.74) is 0. The molecule has 9 heteroatoms. The van der Waals surface area contributed by atoms with E-state index in [1.54, 1.807) is 0 Å². The van der Waals surface area contributed by atoms with Gasteiger partial charge in [-0.15, -0.1) is 0 Å². The van der Waals surface area contributed by atoms with Crippen LogP contribution < -0.4 is 29.6 Å². The van der Waals surface area contributed by atoms with Gasteiger partial charge in [-0.05, 0) is 0 Å². The van der Waals surface area contributed by atoms with Gasteiger partial charge < -0.3 is 28.9 Å². The second-order valence-electron chi connectivity index (χ2n) is 0.600. The first-order chi connectivity index (χ1) is 2.00. The summed E-state index contributed by atoms with van der Waals surface area (Å²) >= 11 is 0. The van der Waals surface area contributed by atoms with Gasteiger partial charge in [-0.3, -0.25) is 0 Å². The van der Waals surface area contributed by atoms with Crippen molar-refractivity contribution in [2.45, 2.75) is 0 Å². The van der Waals surface area contributed by atoms with Gasteiger partial charge in [0.15, 0.2) is 17.4 Å². The standard InChI is InChI=1S/Al.Mg.Na.H4O4Si.H2O.6H/c;;;1-5(2,3)4;;;;;;;/h;;;1-4H;1H2;;;;;;/q;+2;+1;;;;;;3*-1. The molecule has 52 valence electrons. The third-order valence-corrected chi connectivity index (χ3v) is 0. The Bertz CT molecular complexity index is 42.2. The van der Waals surface area contributed by atoms with Crippen molar-refractivity contribution in [1.82, 2.24) is 0 Å². The van der Waals surface area contributed by atoms with E-state index in [2.05, 4.69) is 0 Å². The average Bonchev–Trinajstić information content (AvgIpc) is 0.722. The van der Waals surface area contributed by atoms with Crippen LogP contribution in [0.25, 0.3) is 0 Å². The zero-order valence-electron chi connectivity index (χ0n) is 7.50. The smallest absolute Gasteiger partial charge is 1.00 e. The van der Waals surface area contributed by atoms with E-state index in [9.17, 15) is 0 Å². The van der Waals surface area contributed by atoms with Gasteiger partial charge in [0, 0.05) is 0 Å². The largest absolute Gasteiger partial charge is 2.00 e. The van der Waals surface area contributed by atoms with Crippen molar-refractivity contribution in [2.75, 3.05) is 0 Å². The van der Waals surface area contributed by atoms with Gasteiger partial charge in [-0.2, -0.15) is 0 Å². The molecule has 0 saturated heterocycles. The minimum Gasteiger partial charge on any atom is -1.00 e.